The number of carbonyl (C=O) groups is 1. The molecule has 0 saturated heterocycles. The number of hydrogen-bond donors (Lipinski definition) is 2. The van der Waals surface area contributed by atoms with Crippen molar-refractivity contribution in [3.63, 3.8) is 0 Å². The zero-order valence-corrected chi connectivity index (χ0v) is 10.3. The molecule has 1 amide bonds. The van der Waals surface area contributed by atoms with Gasteiger partial charge >= 0.3 is 0 Å². The summed E-state index contributed by atoms with van der Waals surface area (Å²) in [7, 11) is 0. The number of primary amides is 1. The van der Waals surface area contributed by atoms with E-state index >= 15 is 0 Å². The summed E-state index contributed by atoms with van der Waals surface area (Å²) in [6.07, 6.45) is 1.19. The fourth-order valence-electron chi connectivity index (χ4n) is 1.71. The summed E-state index contributed by atoms with van der Waals surface area (Å²) in [5.74, 6) is -0.595. The molecule has 3 N–H and O–H groups in total. The Morgan fingerprint density at radius 1 is 1.53 bits per heavy atom. The van der Waals surface area contributed by atoms with E-state index in [9.17, 15) is 9.18 Å². The van der Waals surface area contributed by atoms with Gasteiger partial charge in [-0.3, -0.25) is 4.79 Å². The minimum atomic E-state index is -0.361. The van der Waals surface area contributed by atoms with Crippen LogP contribution in [0.3, 0.4) is 0 Å². The van der Waals surface area contributed by atoms with Gasteiger partial charge in [0.05, 0.1) is 0 Å². The molecule has 1 aromatic rings. The Bertz CT molecular complexity index is 393. The van der Waals surface area contributed by atoms with E-state index in [0.29, 0.717) is 5.56 Å². The van der Waals surface area contributed by atoms with Crippen LogP contribution in [-0.4, -0.2) is 12.5 Å². The Hall–Kier alpha value is -1.42. The van der Waals surface area contributed by atoms with Gasteiger partial charge in [-0.2, -0.15) is 0 Å². The fraction of sp³-hybridized carbons (Fsp3) is 0.462. The minimum absolute atomic E-state index is 0.133. The first-order valence-corrected chi connectivity index (χ1v) is 5.82. The van der Waals surface area contributed by atoms with Crippen molar-refractivity contribution in [2.45, 2.75) is 32.7 Å². The zero-order chi connectivity index (χ0) is 12.8. The lowest BCUT2D eigenvalue weighted by Crippen LogP contribution is -2.27. The number of carbonyl (C=O) groups excluding carboxylic acids is 1. The quantitative estimate of drug-likeness (QED) is 0.797. The van der Waals surface area contributed by atoms with Crippen LogP contribution in [0.4, 0.5) is 4.39 Å². The molecular formula is C13H19FN2O. The molecule has 0 fully saturated rings. The van der Waals surface area contributed by atoms with E-state index in [4.69, 9.17) is 5.73 Å². The summed E-state index contributed by atoms with van der Waals surface area (Å²) >= 11 is 0. The number of nitrogens with two attached hydrogens (primary N) is 1. The molecule has 0 aliphatic rings. The van der Waals surface area contributed by atoms with Crippen molar-refractivity contribution in [3.05, 3.63) is 35.1 Å². The van der Waals surface area contributed by atoms with Gasteiger partial charge in [0.1, 0.15) is 5.82 Å². The van der Waals surface area contributed by atoms with Gasteiger partial charge in [0.15, 0.2) is 0 Å². The second-order valence-corrected chi connectivity index (χ2v) is 4.19. The largest absolute Gasteiger partial charge is 0.370 e. The van der Waals surface area contributed by atoms with Crippen LogP contribution in [0.5, 0.6) is 0 Å². The Balaban J connectivity index is 2.86. The second kappa shape index (κ2) is 6.35. The molecule has 1 unspecified atom stereocenters. The summed E-state index contributed by atoms with van der Waals surface area (Å²) in [4.78, 5) is 11.0. The highest BCUT2D eigenvalue weighted by molar-refractivity contribution is 5.74. The van der Waals surface area contributed by atoms with E-state index in [0.717, 1.165) is 18.5 Å². The highest BCUT2D eigenvalue weighted by Gasteiger charge is 2.14. The van der Waals surface area contributed by atoms with Crippen molar-refractivity contribution in [3.8, 4) is 0 Å². The van der Waals surface area contributed by atoms with E-state index in [1.165, 1.54) is 6.07 Å². The van der Waals surface area contributed by atoms with Gasteiger partial charge < -0.3 is 11.1 Å². The number of rotatable bonds is 6. The molecule has 0 aliphatic carbocycles. The van der Waals surface area contributed by atoms with E-state index in [1.54, 1.807) is 19.1 Å². The summed E-state index contributed by atoms with van der Waals surface area (Å²) in [5, 5.41) is 3.24. The third kappa shape index (κ3) is 4.15. The van der Waals surface area contributed by atoms with Crippen molar-refractivity contribution < 1.29 is 9.18 Å². The SMILES string of the molecule is CCCNC(CC(N)=O)c1ccc(F)c(C)c1. The molecule has 0 aliphatic heterocycles. The van der Waals surface area contributed by atoms with Crippen LogP contribution in [0.1, 0.15) is 36.9 Å². The van der Waals surface area contributed by atoms with E-state index in [-0.39, 0.29) is 24.2 Å². The second-order valence-electron chi connectivity index (χ2n) is 4.19. The minimum Gasteiger partial charge on any atom is -0.370 e. The van der Waals surface area contributed by atoms with Crippen LogP contribution in [0, 0.1) is 12.7 Å². The van der Waals surface area contributed by atoms with Crippen LogP contribution < -0.4 is 11.1 Å². The summed E-state index contributed by atoms with van der Waals surface area (Å²) in [6.45, 7) is 4.55. The molecule has 0 spiro atoms. The number of hydrogen-bond acceptors (Lipinski definition) is 2. The molecule has 1 aromatic carbocycles. The van der Waals surface area contributed by atoms with Crippen molar-refractivity contribution in [2.24, 2.45) is 5.73 Å². The van der Waals surface area contributed by atoms with Crippen LogP contribution in [0.25, 0.3) is 0 Å². The molecule has 0 saturated carbocycles. The third-order valence-corrected chi connectivity index (χ3v) is 2.63. The average Bonchev–Trinajstić information content (AvgIpc) is 2.27. The average molecular weight is 238 g/mol. The first kappa shape index (κ1) is 13.6. The van der Waals surface area contributed by atoms with Crippen LogP contribution >= 0.6 is 0 Å². The Morgan fingerprint density at radius 3 is 2.76 bits per heavy atom. The molecule has 17 heavy (non-hydrogen) atoms. The van der Waals surface area contributed by atoms with Crippen LogP contribution in [0.15, 0.2) is 18.2 Å². The van der Waals surface area contributed by atoms with Gasteiger partial charge in [-0.25, -0.2) is 4.39 Å². The molecule has 4 heteroatoms. The molecular weight excluding hydrogens is 219 g/mol. The smallest absolute Gasteiger partial charge is 0.219 e. The molecule has 94 valence electrons. The monoisotopic (exact) mass is 238 g/mol. The first-order valence-electron chi connectivity index (χ1n) is 5.82. The highest BCUT2D eigenvalue weighted by Crippen LogP contribution is 2.19. The fourth-order valence-corrected chi connectivity index (χ4v) is 1.71. The first-order chi connectivity index (χ1) is 8.04. The molecule has 1 atom stereocenters. The van der Waals surface area contributed by atoms with Crippen molar-refractivity contribution in [1.82, 2.24) is 5.32 Å². The maximum absolute atomic E-state index is 13.2. The number of amides is 1. The normalized spacial score (nSPS) is 12.4. The highest BCUT2D eigenvalue weighted by atomic mass is 19.1. The van der Waals surface area contributed by atoms with E-state index < -0.39 is 0 Å². The van der Waals surface area contributed by atoms with Gasteiger partial charge in [0.2, 0.25) is 5.91 Å². The Morgan fingerprint density at radius 2 is 2.24 bits per heavy atom. The summed E-state index contributed by atoms with van der Waals surface area (Å²) < 4.78 is 13.2. The lowest BCUT2D eigenvalue weighted by molar-refractivity contribution is -0.118. The van der Waals surface area contributed by atoms with Gasteiger partial charge in [0, 0.05) is 12.5 Å². The number of nitrogens with one attached hydrogen (secondary N) is 1. The van der Waals surface area contributed by atoms with Crippen molar-refractivity contribution >= 4 is 5.91 Å². The molecule has 0 heterocycles. The number of benzene rings is 1. The number of halogens is 1. The van der Waals surface area contributed by atoms with Crippen LogP contribution in [-0.2, 0) is 4.79 Å². The third-order valence-electron chi connectivity index (χ3n) is 2.63. The van der Waals surface area contributed by atoms with Crippen molar-refractivity contribution in [2.75, 3.05) is 6.54 Å². The predicted molar refractivity (Wildman–Crippen MR) is 66.0 cm³/mol. The summed E-state index contributed by atoms with van der Waals surface area (Å²) in [6, 6.07) is 4.74. The van der Waals surface area contributed by atoms with Crippen LogP contribution in [0.2, 0.25) is 0 Å². The van der Waals surface area contributed by atoms with Gasteiger partial charge in [-0.05, 0) is 37.1 Å². The Kier molecular flexibility index (Phi) is 5.10. The van der Waals surface area contributed by atoms with Gasteiger partial charge in [-0.1, -0.05) is 19.1 Å². The van der Waals surface area contributed by atoms with Gasteiger partial charge in [-0.15, -0.1) is 0 Å². The molecule has 0 radical (unpaired) electrons. The zero-order valence-electron chi connectivity index (χ0n) is 10.3. The predicted octanol–water partition coefficient (Wildman–Crippen LogP) is 2.05. The molecule has 3 nitrogen and oxygen atoms in total. The maximum Gasteiger partial charge on any atom is 0.219 e. The lowest BCUT2D eigenvalue weighted by atomic mass is 10.0. The number of aryl methyl sites for hydroxylation is 1. The van der Waals surface area contributed by atoms with E-state index in [2.05, 4.69) is 5.32 Å². The molecule has 1 rings (SSSR count). The van der Waals surface area contributed by atoms with Gasteiger partial charge in [0.25, 0.3) is 0 Å². The van der Waals surface area contributed by atoms with E-state index in [1.807, 2.05) is 6.92 Å². The maximum atomic E-state index is 13.2. The van der Waals surface area contributed by atoms with Crippen molar-refractivity contribution in [1.29, 1.82) is 0 Å². The summed E-state index contributed by atoms with van der Waals surface area (Å²) in [5.41, 5.74) is 6.70. The topological polar surface area (TPSA) is 55.1 Å². The Labute approximate surface area is 101 Å². The standard InChI is InChI=1S/C13H19FN2O/c1-3-6-16-12(8-13(15)17)10-4-5-11(14)9(2)7-10/h4-5,7,12,16H,3,6,8H2,1-2H3,(H2,15,17). The molecule has 0 aromatic heterocycles. The molecule has 0 bridgehead atoms. The lowest BCUT2D eigenvalue weighted by Gasteiger charge is -2.18.